The predicted molar refractivity (Wildman–Crippen MR) is 40.9 cm³/mol. The highest BCUT2D eigenvalue weighted by Crippen LogP contribution is 2.07. The summed E-state index contributed by atoms with van der Waals surface area (Å²) in [6.07, 6.45) is 4.10. The van der Waals surface area contributed by atoms with Gasteiger partial charge in [-0.2, -0.15) is 0 Å². The first-order valence-electron chi connectivity index (χ1n) is 3.64. The SMILES string of the molecule is CC(C)(O)CCn1ccnn1. The summed E-state index contributed by atoms with van der Waals surface area (Å²) in [6.45, 7) is 4.28. The van der Waals surface area contributed by atoms with Crippen molar-refractivity contribution in [3.8, 4) is 0 Å². The van der Waals surface area contributed by atoms with Crippen molar-refractivity contribution >= 4 is 0 Å². The lowest BCUT2D eigenvalue weighted by Crippen LogP contribution is -2.21. The van der Waals surface area contributed by atoms with Crippen molar-refractivity contribution in [1.82, 2.24) is 15.0 Å². The van der Waals surface area contributed by atoms with Gasteiger partial charge in [0.1, 0.15) is 0 Å². The Hall–Kier alpha value is -0.900. The number of rotatable bonds is 3. The first-order chi connectivity index (χ1) is 5.08. The normalized spacial score (nSPS) is 11.9. The van der Waals surface area contributed by atoms with E-state index in [-0.39, 0.29) is 0 Å². The minimum atomic E-state index is -0.619. The molecule has 0 aliphatic rings. The fourth-order valence-electron chi connectivity index (χ4n) is 0.740. The number of nitrogens with zero attached hydrogens (tertiary/aromatic N) is 3. The molecule has 0 saturated heterocycles. The second-order valence-electron chi connectivity index (χ2n) is 3.23. The summed E-state index contributed by atoms with van der Waals surface area (Å²) in [7, 11) is 0. The second-order valence-corrected chi connectivity index (χ2v) is 3.23. The lowest BCUT2D eigenvalue weighted by Gasteiger charge is -2.15. The Morgan fingerprint density at radius 2 is 2.27 bits per heavy atom. The molecule has 0 radical (unpaired) electrons. The second kappa shape index (κ2) is 3.00. The highest BCUT2D eigenvalue weighted by Gasteiger charge is 2.11. The molecule has 62 valence electrons. The van der Waals surface area contributed by atoms with Gasteiger partial charge in [0.25, 0.3) is 0 Å². The zero-order chi connectivity index (χ0) is 8.32. The molecule has 0 saturated carbocycles. The van der Waals surface area contributed by atoms with Gasteiger partial charge in [-0.05, 0) is 20.3 Å². The fourth-order valence-corrected chi connectivity index (χ4v) is 0.740. The Bertz CT molecular complexity index is 200. The molecule has 1 N–H and O–H groups in total. The van der Waals surface area contributed by atoms with Crippen LogP contribution in [0, 0.1) is 0 Å². The van der Waals surface area contributed by atoms with Crippen LogP contribution < -0.4 is 0 Å². The average Bonchev–Trinajstić information content (AvgIpc) is 2.32. The van der Waals surface area contributed by atoms with Crippen molar-refractivity contribution in [2.24, 2.45) is 0 Å². The van der Waals surface area contributed by atoms with Gasteiger partial charge in [-0.25, -0.2) is 0 Å². The van der Waals surface area contributed by atoms with Crippen LogP contribution in [0.15, 0.2) is 12.4 Å². The van der Waals surface area contributed by atoms with Crippen molar-refractivity contribution in [1.29, 1.82) is 0 Å². The molecule has 0 aliphatic carbocycles. The molecule has 1 rings (SSSR count). The third kappa shape index (κ3) is 3.13. The van der Waals surface area contributed by atoms with Crippen LogP contribution in [0.25, 0.3) is 0 Å². The number of aryl methyl sites for hydroxylation is 1. The molecule has 0 aromatic carbocycles. The molecule has 4 heteroatoms. The van der Waals surface area contributed by atoms with Crippen molar-refractivity contribution in [2.45, 2.75) is 32.4 Å². The zero-order valence-corrected chi connectivity index (χ0v) is 6.86. The predicted octanol–water partition coefficient (Wildman–Crippen LogP) is 0.439. The van der Waals surface area contributed by atoms with Gasteiger partial charge < -0.3 is 5.11 Å². The summed E-state index contributed by atoms with van der Waals surface area (Å²) >= 11 is 0. The van der Waals surface area contributed by atoms with Gasteiger partial charge in [-0.1, -0.05) is 5.21 Å². The van der Waals surface area contributed by atoms with E-state index in [0.29, 0.717) is 13.0 Å². The molecule has 0 spiro atoms. The highest BCUT2D eigenvalue weighted by atomic mass is 16.3. The van der Waals surface area contributed by atoms with Gasteiger partial charge in [0.05, 0.1) is 11.8 Å². The van der Waals surface area contributed by atoms with Crippen LogP contribution in [0.2, 0.25) is 0 Å². The van der Waals surface area contributed by atoms with Crippen molar-refractivity contribution < 1.29 is 5.11 Å². The Morgan fingerprint density at radius 1 is 1.55 bits per heavy atom. The summed E-state index contributed by atoms with van der Waals surface area (Å²) < 4.78 is 1.71. The first kappa shape index (κ1) is 8.20. The summed E-state index contributed by atoms with van der Waals surface area (Å²) in [6, 6.07) is 0. The van der Waals surface area contributed by atoms with E-state index in [9.17, 15) is 5.11 Å². The summed E-state index contributed by atoms with van der Waals surface area (Å²) in [5.74, 6) is 0. The monoisotopic (exact) mass is 155 g/mol. The van der Waals surface area contributed by atoms with Gasteiger partial charge in [-0.15, -0.1) is 5.10 Å². The number of hydrogen-bond acceptors (Lipinski definition) is 3. The van der Waals surface area contributed by atoms with E-state index in [1.165, 1.54) is 0 Å². The van der Waals surface area contributed by atoms with E-state index in [1.807, 2.05) is 0 Å². The van der Waals surface area contributed by atoms with Crippen LogP contribution in [-0.4, -0.2) is 25.7 Å². The van der Waals surface area contributed by atoms with Gasteiger partial charge in [0, 0.05) is 12.7 Å². The van der Waals surface area contributed by atoms with E-state index in [0.717, 1.165) is 0 Å². The Kier molecular flexibility index (Phi) is 2.24. The standard InChI is InChI=1S/C7H13N3O/c1-7(2,11)3-5-10-6-4-8-9-10/h4,6,11H,3,5H2,1-2H3. The van der Waals surface area contributed by atoms with Gasteiger partial charge in [-0.3, -0.25) is 4.68 Å². The molecule has 1 aromatic heterocycles. The molecule has 0 bridgehead atoms. The largest absolute Gasteiger partial charge is 0.390 e. The molecule has 0 fully saturated rings. The highest BCUT2D eigenvalue weighted by molar-refractivity contribution is 4.68. The minimum Gasteiger partial charge on any atom is -0.390 e. The maximum Gasteiger partial charge on any atom is 0.0692 e. The Morgan fingerprint density at radius 3 is 2.73 bits per heavy atom. The quantitative estimate of drug-likeness (QED) is 0.689. The van der Waals surface area contributed by atoms with Crippen molar-refractivity contribution in [3.05, 3.63) is 12.4 Å². The maximum atomic E-state index is 9.35. The van der Waals surface area contributed by atoms with E-state index < -0.39 is 5.60 Å². The van der Waals surface area contributed by atoms with Gasteiger partial charge >= 0.3 is 0 Å². The van der Waals surface area contributed by atoms with E-state index in [1.54, 1.807) is 30.9 Å². The molecular weight excluding hydrogens is 142 g/mol. The molecule has 1 aromatic rings. The van der Waals surface area contributed by atoms with Crippen molar-refractivity contribution in [2.75, 3.05) is 0 Å². The number of aliphatic hydroxyl groups is 1. The molecule has 4 nitrogen and oxygen atoms in total. The summed E-state index contributed by atoms with van der Waals surface area (Å²) in [5.41, 5.74) is -0.619. The summed E-state index contributed by atoms with van der Waals surface area (Å²) in [4.78, 5) is 0. The summed E-state index contributed by atoms with van der Waals surface area (Å²) in [5, 5.41) is 16.8. The third-order valence-electron chi connectivity index (χ3n) is 1.42. The van der Waals surface area contributed by atoms with Gasteiger partial charge in [0.2, 0.25) is 0 Å². The Labute approximate surface area is 65.8 Å². The fraction of sp³-hybridized carbons (Fsp3) is 0.714. The van der Waals surface area contributed by atoms with Crippen LogP contribution in [0.5, 0.6) is 0 Å². The molecule has 1 heterocycles. The van der Waals surface area contributed by atoms with E-state index in [2.05, 4.69) is 10.3 Å². The molecule has 0 aliphatic heterocycles. The van der Waals surface area contributed by atoms with Crippen LogP contribution in [0.3, 0.4) is 0 Å². The zero-order valence-electron chi connectivity index (χ0n) is 6.86. The van der Waals surface area contributed by atoms with E-state index in [4.69, 9.17) is 0 Å². The molecular formula is C7H13N3O. The number of hydrogen-bond donors (Lipinski definition) is 1. The van der Waals surface area contributed by atoms with Crippen LogP contribution >= 0.6 is 0 Å². The Balaban J connectivity index is 2.35. The lowest BCUT2D eigenvalue weighted by molar-refractivity contribution is 0.0649. The number of aromatic nitrogens is 3. The third-order valence-corrected chi connectivity index (χ3v) is 1.42. The average molecular weight is 155 g/mol. The first-order valence-corrected chi connectivity index (χ1v) is 3.64. The molecule has 0 amide bonds. The molecule has 0 unspecified atom stereocenters. The lowest BCUT2D eigenvalue weighted by atomic mass is 10.1. The minimum absolute atomic E-state index is 0.619. The topological polar surface area (TPSA) is 50.9 Å². The van der Waals surface area contributed by atoms with E-state index >= 15 is 0 Å². The smallest absolute Gasteiger partial charge is 0.0692 e. The van der Waals surface area contributed by atoms with Crippen LogP contribution in [-0.2, 0) is 6.54 Å². The molecule has 11 heavy (non-hydrogen) atoms. The van der Waals surface area contributed by atoms with Crippen LogP contribution in [0.4, 0.5) is 0 Å². The van der Waals surface area contributed by atoms with Crippen molar-refractivity contribution in [3.63, 3.8) is 0 Å². The van der Waals surface area contributed by atoms with Crippen LogP contribution in [0.1, 0.15) is 20.3 Å². The maximum absolute atomic E-state index is 9.35. The van der Waals surface area contributed by atoms with Gasteiger partial charge in [0.15, 0.2) is 0 Å². The molecule has 0 atom stereocenters.